The second-order valence-corrected chi connectivity index (χ2v) is 6.95. The van der Waals surface area contributed by atoms with Crippen LogP contribution >= 0.6 is 12.4 Å². The van der Waals surface area contributed by atoms with E-state index in [4.69, 9.17) is 0 Å². The summed E-state index contributed by atoms with van der Waals surface area (Å²) in [6.07, 6.45) is 6.97. The Bertz CT molecular complexity index is 440. The van der Waals surface area contributed by atoms with Crippen molar-refractivity contribution in [2.24, 2.45) is 0 Å². The van der Waals surface area contributed by atoms with Gasteiger partial charge in [0.05, 0.1) is 0 Å². The lowest BCUT2D eigenvalue weighted by Gasteiger charge is -2.35. The van der Waals surface area contributed by atoms with Crippen molar-refractivity contribution in [3.05, 3.63) is 0 Å². The van der Waals surface area contributed by atoms with Crippen molar-refractivity contribution in [3.63, 3.8) is 0 Å². The van der Waals surface area contributed by atoms with Gasteiger partial charge in [0, 0.05) is 31.7 Å². The largest absolute Gasteiger partial charge is 0.339 e. The molecule has 2 bridgehead atoms. The number of nitrogens with zero attached hydrogens (tertiary/aromatic N) is 1. The van der Waals surface area contributed by atoms with Crippen LogP contribution in [0.4, 0.5) is 4.79 Å². The fraction of sp³-hybridized carbons (Fsp3) is 0.875. The van der Waals surface area contributed by atoms with Crippen LogP contribution in [0.3, 0.4) is 0 Å². The van der Waals surface area contributed by atoms with Crippen LogP contribution in [0, 0.1) is 0 Å². The molecule has 0 aromatic rings. The summed E-state index contributed by atoms with van der Waals surface area (Å²) in [5, 5.41) is 9.36. The highest BCUT2D eigenvalue weighted by molar-refractivity contribution is 5.91. The van der Waals surface area contributed by atoms with Gasteiger partial charge in [0.15, 0.2) is 0 Å². The number of fused-ring (bicyclic) bond motifs is 2. The second kappa shape index (κ2) is 7.71. The van der Waals surface area contributed by atoms with Gasteiger partial charge in [0.1, 0.15) is 5.54 Å². The van der Waals surface area contributed by atoms with Crippen LogP contribution in [0.1, 0.15) is 51.9 Å². The van der Waals surface area contributed by atoms with Crippen LogP contribution in [0.15, 0.2) is 0 Å². The molecule has 3 rings (SSSR count). The van der Waals surface area contributed by atoms with Gasteiger partial charge in [-0.15, -0.1) is 12.4 Å². The van der Waals surface area contributed by atoms with Crippen LogP contribution in [0.25, 0.3) is 0 Å². The highest BCUT2D eigenvalue weighted by Crippen LogP contribution is 2.33. The zero-order chi connectivity index (χ0) is 15.6. The molecule has 23 heavy (non-hydrogen) atoms. The molecule has 3 fully saturated rings. The second-order valence-electron chi connectivity index (χ2n) is 6.95. The maximum Gasteiger partial charge on any atom is 0.315 e. The topological polar surface area (TPSA) is 73.5 Å². The van der Waals surface area contributed by atoms with Crippen molar-refractivity contribution in [1.29, 1.82) is 0 Å². The molecule has 0 spiro atoms. The highest BCUT2D eigenvalue weighted by atomic mass is 35.5. The first-order chi connectivity index (χ1) is 10.6. The van der Waals surface area contributed by atoms with Crippen LogP contribution in [0.2, 0.25) is 0 Å². The summed E-state index contributed by atoms with van der Waals surface area (Å²) in [7, 11) is 0. The maximum atomic E-state index is 13.1. The Balaban J connectivity index is 0.00000192. The van der Waals surface area contributed by atoms with Crippen molar-refractivity contribution in [3.8, 4) is 0 Å². The summed E-state index contributed by atoms with van der Waals surface area (Å²) in [6.45, 7) is 4.06. The summed E-state index contributed by atoms with van der Waals surface area (Å²) < 4.78 is 0. The first-order valence-corrected chi connectivity index (χ1v) is 8.74. The fourth-order valence-electron chi connectivity index (χ4n) is 4.22. The van der Waals surface area contributed by atoms with E-state index in [0.717, 1.165) is 51.6 Å². The average molecular weight is 345 g/mol. The smallest absolute Gasteiger partial charge is 0.315 e. The number of rotatable bonds is 3. The lowest BCUT2D eigenvalue weighted by molar-refractivity contribution is -0.138. The third-order valence-electron chi connectivity index (χ3n) is 5.37. The van der Waals surface area contributed by atoms with Gasteiger partial charge in [-0.25, -0.2) is 4.79 Å². The Kier molecular flexibility index (Phi) is 6.14. The molecule has 3 N–H and O–H groups in total. The molecule has 7 heteroatoms. The van der Waals surface area contributed by atoms with Gasteiger partial charge in [-0.3, -0.25) is 4.79 Å². The predicted molar refractivity (Wildman–Crippen MR) is 91.8 cm³/mol. The molecule has 6 nitrogen and oxygen atoms in total. The van der Waals surface area contributed by atoms with Gasteiger partial charge >= 0.3 is 6.03 Å². The fourth-order valence-corrected chi connectivity index (χ4v) is 4.22. The quantitative estimate of drug-likeness (QED) is 0.724. The van der Waals surface area contributed by atoms with E-state index >= 15 is 0 Å². The maximum absolute atomic E-state index is 13.1. The van der Waals surface area contributed by atoms with Gasteiger partial charge in [0.2, 0.25) is 5.91 Å². The Labute approximate surface area is 144 Å². The van der Waals surface area contributed by atoms with E-state index in [1.165, 1.54) is 6.42 Å². The summed E-state index contributed by atoms with van der Waals surface area (Å²) in [6, 6.07) is 0.783. The lowest BCUT2D eigenvalue weighted by atomic mass is 9.94. The Morgan fingerprint density at radius 1 is 1.17 bits per heavy atom. The summed E-state index contributed by atoms with van der Waals surface area (Å²) in [5.74, 6) is 0.130. The van der Waals surface area contributed by atoms with E-state index in [1.807, 2.05) is 11.8 Å². The molecule has 0 aromatic carbocycles. The molecule has 2 atom stereocenters. The van der Waals surface area contributed by atoms with Gasteiger partial charge in [-0.05, 0) is 39.0 Å². The van der Waals surface area contributed by atoms with Crippen LogP contribution in [-0.4, -0.2) is 54.1 Å². The monoisotopic (exact) mass is 344 g/mol. The summed E-state index contributed by atoms with van der Waals surface area (Å²) in [4.78, 5) is 27.1. The van der Waals surface area contributed by atoms with Crippen molar-refractivity contribution >= 4 is 24.3 Å². The molecule has 1 saturated carbocycles. The minimum Gasteiger partial charge on any atom is -0.339 e. The third-order valence-corrected chi connectivity index (χ3v) is 5.37. The molecule has 2 saturated heterocycles. The number of likely N-dealkylation sites (tertiary alicyclic amines) is 1. The molecule has 3 aliphatic rings. The molecular weight excluding hydrogens is 316 g/mol. The lowest BCUT2D eigenvalue weighted by Crippen LogP contribution is -2.60. The van der Waals surface area contributed by atoms with Crippen LogP contribution < -0.4 is 16.0 Å². The molecule has 132 valence electrons. The number of hydrogen-bond acceptors (Lipinski definition) is 3. The highest BCUT2D eigenvalue weighted by Gasteiger charge is 2.46. The Morgan fingerprint density at radius 3 is 2.57 bits per heavy atom. The summed E-state index contributed by atoms with van der Waals surface area (Å²) in [5.41, 5.74) is -0.678. The minimum absolute atomic E-state index is 0. The molecular formula is C16H29ClN4O2. The average Bonchev–Trinajstić information content (AvgIpc) is 3.06. The number of carbonyl (C=O) groups is 2. The van der Waals surface area contributed by atoms with Gasteiger partial charge in [-0.1, -0.05) is 12.8 Å². The van der Waals surface area contributed by atoms with E-state index < -0.39 is 5.54 Å². The minimum atomic E-state index is -0.678. The number of nitrogens with one attached hydrogen (secondary N) is 3. The normalized spacial score (nSPS) is 28.7. The summed E-state index contributed by atoms with van der Waals surface area (Å²) >= 11 is 0. The van der Waals surface area contributed by atoms with Crippen molar-refractivity contribution in [2.45, 2.75) is 69.5 Å². The van der Waals surface area contributed by atoms with E-state index in [9.17, 15) is 9.59 Å². The SMILES string of the molecule is CCNC(=O)NC1(C(=O)N2CCC3CCC(C2)N3)CCCC1.Cl. The molecule has 1 aliphatic carbocycles. The number of amides is 3. The first-order valence-electron chi connectivity index (χ1n) is 8.74. The first kappa shape index (κ1) is 18.3. The molecule has 0 radical (unpaired) electrons. The van der Waals surface area contributed by atoms with Gasteiger partial charge in [0.25, 0.3) is 0 Å². The molecule has 0 aromatic heterocycles. The molecule has 3 amide bonds. The van der Waals surface area contributed by atoms with Crippen molar-refractivity contribution in [2.75, 3.05) is 19.6 Å². The van der Waals surface area contributed by atoms with Crippen LogP contribution in [-0.2, 0) is 4.79 Å². The van der Waals surface area contributed by atoms with Crippen molar-refractivity contribution in [1.82, 2.24) is 20.9 Å². The van der Waals surface area contributed by atoms with Crippen molar-refractivity contribution < 1.29 is 9.59 Å². The molecule has 2 unspecified atom stereocenters. The Morgan fingerprint density at radius 2 is 1.87 bits per heavy atom. The molecule has 2 heterocycles. The standard InChI is InChI=1S/C16H28N4O2.ClH/c1-2-17-15(22)19-16(8-3-4-9-16)14(21)20-10-7-12-5-6-13(11-20)18-12;/h12-13,18H,2-11H2,1H3,(H2,17,19,22);1H. The van der Waals surface area contributed by atoms with E-state index in [1.54, 1.807) is 0 Å². The number of halogens is 1. The predicted octanol–water partition coefficient (Wildman–Crippen LogP) is 1.39. The van der Waals surface area contributed by atoms with E-state index in [-0.39, 0.29) is 24.3 Å². The zero-order valence-corrected chi connectivity index (χ0v) is 14.7. The van der Waals surface area contributed by atoms with Gasteiger partial charge in [-0.2, -0.15) is 0 Å². The number of urea groups is 1. The van der Waals surface area contributed by atoms with E-state index in [2.05, 4.69) is 16.0 Å². The Hall–Kier alpha value is -1.01. The number of carbonyl (C=O) groups excluding carboxylic acids is 2. The third kappa shape index (κ3) is 3.91. The van der Waals surface area contributed by atoms with Crippen LogP contribution in [0.5, 0.6) is 0 Å². The number of hydrogen-bond donors (Lipinski definition) is 3. The molecule has 2 aliphatic heterocycles. The van der Waals surface area contributed by atoms with E-state index in [0.29, 0.717) is 18.6 Å². The van der Waals surface area contributed by atoms with Gasteiger partial charge < -0.3 is 20.9 Å². The zero-order valence-electron chi connectivity index (χ0n) is 13.9.